The monoisotopic (exact) mass is 227 g/mol. The Hall–Kier alpha value is -1.27. The number of nitrogens with one attached hydrogen (secondary N) is 1. The molecule has 15 heavy (non-hydrogen) atoms. The Morgan fingerprint density at radius 1 is 1.40 bits per heavy atom. The van der Waals surface area contributed by atoms with E-state index in [4.69, 9.17) is 5.11 Å². The summed E-state index contributed by atoms with van der Waals surface area (Å²) in [6.45, 7) is 2.18. The lowest BCUT2D eigenvalue weighted by atomic mass is 9.98. The van der Waals surface area contributed by atoms with Crippen molar-refractivity contribution in [1.29, 1.82) is 0 Å². The Balaban J connectivity index is 4.49. The molecule has 4 nitrogen and oxygen atoms in total. The van der Waals surface area contributed by atoms with Gasteiger partial charge in [-0.15, -0.1) is 0 Å². The summed E-state index contributed by atoms with van der Waals surface area (Å²) in [5.41, 5.74) is 0. The third-order valence-corrected chi connectivity index (χ3v) is 1.75. The normalized spacial score (nSPS) is 15.5. The number of carboxylic acids is 1. The van der Waals surface area contributed by atoms with Crippen LogP contribution < -0.4 is 5.32 Å². The van der Waals surface area contributed by atoms with Crippen molar-refractivity contribution >= 4 is 11.9 Å². The maximum atomic E-state index is 12.0. The van der Waals surface area contributed by atoms with E-state index in [1.54, 1.807) is 0 Å². The molecule has 0 aliphatic carbocycles. The Morgan fingerprint density at radius 2 is 1.87 bits per heavy atom. The molecule has 0 aromatic carbocycles. The van der Waals surface area contributed by atoms with Crippen LogP contribution in [0, 0.1) is 5.92 Å². The number of rotatable bonds is 4. The first-order valence-electron chi connectivity index (χ1n) is 4.20. The molecular weight excluding hydrogens is 215 g/mol. The van der Waals surface area contributed by atoms with Crippen LogP contribution in [-0.2, 0) is 9.59 Å². The van der Waals surface area contributed by atoms with Gasteiger partial charge in [-0.1, -0.05) is 6.92 Å². The largest absolute Gasteiger partial charge is 0.480 e. The zero-order valence-electron chi connectivity index (χ0n) is 8.26. The van der Waals surface area contributed by atoms with Crippen molar-refractivity contribution in [2.45, 2.75) is 32.5 Å². The lowest BCUT2D eigenvalue weighted by Gasteiger charge is -2.21. The molecule has 0 spiro atoms. The second kappa shape index (κ2) is 4.99. The predicted octanol–water partition coefficient (Wildman–Crippen LogP) is 1.16. The van der Waals surface area contributed by atoms with Crippen LogP contribution in [0.1, 0.15) is 20.3 Å². The van der Waals surface area contributed by atoms with Gasteiger partial charge in [0.15, 0.2) is 0 Å². The van der Waals surface area contributed by atoms with E-state index in [0.29, 0.717) is 0 Å². The molecule has 0 aromatic rings. The van der Waals surface area contributed by atoms with Gasteiger partial charge in [-0.3, -0.25) is 4.79 Å². The summed E-state index contributed by atoms with van der Waals surface area (Å²) in [4.78, 5) is 21.2. The topological polar surface area (TPSA) is 66.4 Å². The minimum absolute atomic E-state index is 0.670. The highest BCUT2D eigenvalue weighted by Gasteiger charge is 2.36. The molecule has 0 aliphatic rings. The van der Waals surface area contributed by atoms with Gasteiger partial charge in [-0.2, -0.15) is 13.2 Å². The van der Waals surface area contributed by atoms with Crippen LogP contribution in [0.3, 0.4) is 0 Å². The van der Waals surface area contributed by atoms with E-state index in [-0.39, 0.29) is 0 Å². The number of carboxylic acid groups (broad SMARTS) is 1. The van der Waals surface area contributed by atoms with Crippen LogP contribution in [0.2, 0.25) is 0 Å². The number of hydrogen-bond acceptors (Lipinski definition) is 2. The number of alkyl halides is 3. The molecule has 2 atom stereocenters. The number of amides is 1. The standard InChI is InChI=1S/C8H12F3NO3/c1-4(3-8(9,10)11)6(7(14)15)12-5(2)13/h4,6H,3H2,1-2H3,(H,12,13)(H,14,15). The summed E-state index contributed by atoms with van der Waals surface area (Å²) in [6, 6.07) is -1.51. The highest BCUT2D eigenvalue weighted by molar-refractivity contribution is 5.82. The van der Waals surface area contributed by atoms with Crippen LogP contribution in [0.15, 0.2) is 0 Å². The van der Waals surface area contributed by atoms with E-state index < -0.39 is 36.4 Å². The molecule has 88 valence electrons. The molecule has 0 heterocycles. The van der Waals surface area contributed by atoms with Crippen molar-refractivity contribution in [3.63, 3.8) is 0 Å². The molecule has 0 radical (unpaired) electrons. The molecule has 0 aromatic heterocycles. The van der Waals surface area contributed by atoms with Gasteiger partial charge in [-0.05, 0) is 5.92 Å². The lowest BCUT2D eigenvalue weighted by Crippen LogP contribution is -2.45. The average molecular weight is 227 g/mol. The first-order valence-corrected chi connectivity index (χ1v) is 4.20. The molecule has 0 saturated heterocycles. The Labute approximate surface area is 84.5 Å². The van der Waals surface area contributed by atoms with Crippen LogP contribution >= 0.6 is 0 Å². The fourth-order valence-corrected chi connectivity index (χ4v) is 1.15. The van der Waals surface area contributed by atoms with Crippen molar-refractivity contribution in [2.24, 2.45) is 5.92 Å². The molecule has 2 N–H and O–H groups in total. The van der Waals surface area contributed by atoms with Gasteiger partial charge in [0, 0.05) is 13.3 Å². The van der Waals surface area contributed by atoms with Crippen LogP contribution in [0.4, 0.5) is 13.2 Å². The zero-order valence-corrected chi connectivity index (χ0v) is 8.26. The summed E-state index contributed by atoms with van der Waals surface area (Å²) < 4.78 is 35.9. The van der Waals surface area contributed by atoms with E-state index in [9.17, 15) is 22.8 Å². The number of carbonyl (C=O) groups is 2. The van der Waals surface area contributed by atoms with Gasteiger partial charge < -0.3 is 10.4 Å². The van der Waals surface area contributed by atoms with Crippen molar-refractivity contribution in [1.82, 2.24) is 5.32 Å². The van der Waals surface area contributed by atoms with Crippen LogP contribution in [-0.4, -0.2) is 29.2 Å². The Bertz CT molecular complexity index is 252. The maximum Gasteiger partial charge on any atom is 0.389 e. The van der Waals surface area contributed by atoms with Crippen molar-refractivity contribution in [3.05, 3.63) is 0 Å². The van der Waals surface area contributed by atoms with Crippen molar-refractivity contribution < 1.29 is 27.9 Å². The van der Waals surface area contributed by atoms with Gasteiger partial charge in [0.2, 0.25) is 5.91 Å². The first-order chi connectivity index (χ1) is 6.63. The Morgan fingerprint density at radius 3 is 2.13 bits per heavy atom. The SMILES string of the molecule is CC(=O)NC(C(=O)O)C(C)CC(F)(F)F. The van der Waals surface area contributed by atoms with Gasteiger partial charge >= 0.3 is 12.1 Å². The summed E-state index contributed by atoms with van der Waals surface area (Å²) in [5, 5.41) is 10.6. The van der Waals surface area contributed by atoms with Gasteiger partial charge in [0.25, 0.3) is 0 Å². The first kappa shape index (κ1) is 13.7. The minimum Gasteiger partial charge on any atom is -0.480 e. The predicted molar refractivity (Wildman–Crippen MR) is 45.1 cm³/mol. The molecule has 0 bridgehead atoms. The molecule has 0 rings (SSSR count). The van der Waals surface area contributed by atoms with Crippen molar-refractivity contribution in [3.8, 4) is 0 Å². The zero-order chi connectivity index (χ0) is 12.2. The molecular formula is C8H12F3NO3. The highest BCUT2D eigenvalue weighted by atomic mass is 19.4. The third kappa shape index (κ3) is 5.92. The second-order valence-corrected chi connectivity index (χ2v) is 3.31. The van der Waals surface area contributed by atoms with E-state index >= 15 is 0 Å². The lowest BCUT2D eigenvalue weighted by molar-refractivity contribution is -0.155. The van der Waals surface area contributed by atoms with E-state index in [0.717, 1.165) is 13.8 Å². The van der Waals surface area contributed by atoms with E-state index in [1.807, 2.05) is 5.32 Å². The van der Waals surface area contributed by atoms with Crippen molar-refractivity contribution in [2.75, 3.05) is 0 Å². The highest BCUT2D eigenvalue weighted by Crippen LogP contribution is 2.26. The van der Waals surface area contributed by atoms with Crippen LogP contribution in [0.25, 0.3) is 0 Å². The molecule has 0 aliphatic heterocycles. The van der Waals surface area contributed by atoms with E-state index in [2.05, 4.69) is 0 Å². The Kier molecular flexibility index (Phi) is 4.57. The smallest absolute Gasteiger partial charge is 0.389 e. The fourth-order valence-electron chi connectivity index (χ4n) is 1.15. The van der Waals surface area contributed by atoms with E-state index in [1.165, 1.54) is 0 Å². The number of hydrogen-bond donors (Lipinski definition) is 2. The summed E-state index contributed by atoms with van der Waals surface area (Å²) in [7, 11) is 0. The van der Waals surface area contributed by atoms with Gasteiger partial charge in [-0.25, -0.2) is 4.79 Å². The quantitative estimate of drug-likeness (QED) is 0.757. The number of aliphatic carboxylic acids is 1. The molecule has 0 saturated carbocycles. The molecule has 2 unspecified atom stereocenters. The second-order valence-electron chi connectivity index (χ2n) is 3.31. The molecule has 0 fully saturated rings. The summed E-state index contributed by atoms with van der Waals surface area (Å²) >= 11 is 0. The van der Waals surface area contributed by atoms with Gasteiger partial charge in [0.05, 0.1) is 0 Å². The van der Waals surface area contributed by atoms with Gasteiger partial charge in [0.1, 0.15) is 6.04 Å². The average Bonchev–Trinajstić information content (AvgIpc) is 1.95. The number of halogens is 3. The maximum absolute atomic E-state index is 12.0. The summed E-state index contributed by atoms with van der Waals surface area (Å²) in [5.74, 6) is -3.34. The van der Waals surface area contributed by atoms with Crippen LogP contribution in [0.5, 0.6) is 0 Å². The third-order valence-electron chi connectivity index (χ3n) is 1.75. The molecule has 7 heteroatoms. The number of carbonyl (C=O) groups excluding carboxylic acids is 1. The minimum atomic E-state index is -4.44. The summed E-state index contributed by atoms with van der Waals surface area (Å²) in [6.07, 6.45) is -5.68. The molecule has 1 amide bonds. The fraction of sp³-hybridized carbons (Fsp3) is 0.750.